The number of nitro groups is 1. The Balaban J connectivity index is 1.78. The van der Waals surface area contributed by atoms with Gasteiger partial charge in [-0.1, -0.05) is 6.07 Å². The van der Waals surface area contributed by atoms with E-state index in [-0.39, 0.29) is 23.4 Å². The highest BCUT2D eigenvalue weighted by molar-refractivity contribution is 5.96. The molecule has 0 heterocycles. The number of anilines is 1. The number of amides is 1. The number of aliphatic carboxylic acids is 1. The third kappa shape index (κ3) is 2.43. The summed E-state index contributed by atoms with van der Waals surface area (Å²) in [7, 11) is 0. The number of fused-ring (bicyclic) bond motifs is 2. The number of nitrogens with one attached hydrogen (secondary N) is 1. The number of carbonyl (C=O) groups is 2. The third-order valence-corrected chi connectivity index (χ3v) is 4.83. The standard InChI is InChI=1S/C15H16N2O5/c18-14(16-10-2-1-3-11(7-10)17(21)22)12-8-4-5-9(6-8)13(12)15(19)20/h1-3,7-9,12-13H,4-6H2,(H,16,18)(H,19,20)/t8-,9-,12+,13-/m0/s1. The molecule has 2 aliphatic rings. The highest BCUT2D eigenvalue weighted by atomic mass is 16.6. The van der Waals surface area contributed by atoms with Crippen molar-refractivity contribution < 1.29 is 19.6 Å². The Morgan fingerprint density at radius 1 is 1.23 bits per heavy atom. The molecule has 0 radical (unpaired) electrons. The molecule has 0 unspecified atom stereocenters. The Morgan fingerprint density at radius 2 is 1.91 bits per heavy atom. The highest BCUT2D eigenvalue weighted by Gasteiger charge is 2.53. The molecule has 2 N–H and O–H groups in total. The molecule has 1 aromatic rings. The topological polar surface area (TPSA) is 110 Å². The summed E-state index contributed by atoms with van der Waals surface area (Å²) in [4.78, 5) is 34.1. The minimum Gasteiger partial charge on any atom is -0.481 e. The Bertz CT molecular complexity index is 645. The molecule has 3 rings (SSSR count). The van der Waals surface area contributed by atoms with Crippen molar-refractivity contribution in [1.29, 1.82) is 0 Å². The largest absolute Gasteiger partial charge is 0.481 e. The Morgan fingerprint density at radius 3 is 2.55 bits per heavy atom. The zero-order chi connectivity index (χ0) is 15.9. The van der Waals surface area contributed by atoms with Crippen LogP contribution in [-0.2, 0) is 9.59 Å². The van der Waals surface area contributed by atoms with Gasteiger partial charge >= 0.3 is 5.97 Å². The SMILES string of the molecule is O=C(Nc1cccc([N+](=O)[O-])c1)[C@@H]1[C@H]2CC[C@@H](C2)[C@@H]1C(=O)O. The van der Waals surface area contributed by atoms with E-state index in [0.717, 1.165) is 19.3 Å². The van der Waals surface area contributed by atoms with Gasteiger partial charge < -0.3 is 10.4 Å². The highest BCUT2D eigenvalue weighted by Crippen LogP contribution is 2.52. The van der Waals surface area contributed by atoms with Crippen LogP contribution in [0.4, 0.5) is 11.4 Å². The maximum Gasteiger partial charge on any atom is 0.307 e. The lowest BCUT2D eigenvalue weighted by molar-refractivity contribution is -0.384. The number of nitro benzene ring substituents is 1. The first-order valence-corrected chi connectivity index (χ1v) is 7.25. The van der Waals surface area contributed by atoms with Crippen LogP contribution in [0.2, 0.25) is 0 Å². The second-order valence-corrected chi connectivity index (χ2v) is 6.02. The summed E-state index contributed by atoms with van der Waals surface area (Å²) in [5.74, 6) is -2.28. The van der Waals surface area contributed by atoms with E-state index in [0.29, 0.717) is 5.69 Å². The summed E-state index contributed by atoms with van der Waals surface area (Å²) >= 11 is 0. The first-order valence-electron chi connectivity index (χ1n) is 7.25. The molecule has 0 aliphatic heterocycles. The van der Waals surface area contributed by atoms with Crippen LogP contribution in [0.3, 0.4) is 0 Å². The fourth-order valence-corrected chi connectivity index (χ4v) is 3.95. The average Bonchev–Trinajstić information content (AvgIpc) is 3.07. The van der Waals surface area contributed by atoms with E-state index < -0.39 is 22.7 Å². The summed E-state index contributed by atoms with van der Waals surface area (Å²) in [6.45, 7) is 0. The van der Waals surface area contributed by atoms with Gasteiger partial charge in [0.25, 0.3) is 5.69 Å². The molecule has 22 heavy (non-hydrogen) atoms. The second kappa shape index (κ2) is 5.40. The molecule has 0 aromatic heterocycles. The molecule has 1 amide bonds. The minimum absolute atomic E-state index is 0.0726. The normalized spacial score (nSPS) is 29.3. The van der Waals surface area contributed by atoms with E-state index in [4.69, 9.17) is 0 Å². The Kier molecular flexibility index (Phi) is 3.56. The number of hydrogen-bond acceptors (Lipinski definition) is 4. The number of carbonyl (C=O) groups excluding carboxylic acids is 1. The Hall–Kier alpha value is -2.44. The number of benzene rings is 1. The van der Waals surface area contributed by atoms with Crippen molar-refractivity contribution in [2.24, 2.45) is 23.7 Å². The van der Waals surface area contributed by atoms with Gasteiger partial charge in [-0.25, -0.2) is 0 Å². The number of carboxylic acids is 1. The van der Waals surface area contributed by atoms with Gasteiger partial charge in [0.15, 0.2) is 0 Å². The summed E-state index contributed by atoms with van der Waals surface area (Å²) in [6.07, 6.45) is 2.52. The molecule has 4 atom stereocenters. The van der Waals surface area contributed by atoms with Gasteiger partial charge in [-0.05, 0) is 37.2 Å². The maximum atomic E-state index is 12.5. The minimum atomic E-state index is -0.925. The van der Waals surface area contributed by atoms with Crippen LogP contribution in [0.1, 0.15) is 19.3 Å². The Labute approximate surface area is 126 Å². The van der Waals surface area contributed by atoms with Gasteiger partial charge in [0.2, 0.25) is 5.91 Å². The van der Waals surface area contributed by atoms with E-state index in [1.54, 1.807) is 6.07 Å². The van der Waals surface area contributed by atoms with Gasteiger partial charge in [-0.15, -0.1) is 0 Å². The molecule has 0 spiro atoms. The van der Waals surface area contributed by atoms with Crippen LogP contribution in [0.25, 0.3) is 0 Å². The van der Waals surface area contributed by atoms with Crippen LogP contribution < -0.4 is 5.32 Å². The molecular formula is C15H16N2O5. The van der Waals surface area contributed by atoms with Crippen molar-refractivity contribution in [3.8, 4) is 0 Å². The second-order valence-electron chi connectivity index (χ2n) is 6.02. The molecule has 2 aliphatic carbocycles. The van der Waals surface area contributed by atoms with E-state index in [1.165, 1.54) is 18.2 Å². The lowest BCUT2D eigenvalue weighted by atomic mass is 9.78. The summed E-state index contributed by atoms with van der Waals surface area (Å²) in [6, 6.07) is 5.67. The summed E-state index contributed by atoms with van der Waals surface area (Å²) in [5.41, 5.74) is 0.214. The van der Waals surface area contributed by atoms with Crippen molar-refractivity contribution >= 4 is 23.3 Å². The lowest BCUT2D eigenvalue weighted by Gasteiger charge is -2.27. The molecule has 7 nitrogen and oxygen atoms in total. The van der Waals surface area contributed by atoms with Gasteiger partial charge in [0.05, 0.1) is 16.8 Å². The third-order valence-electron chi connectivity index (χ3n) is 4.83. The van der Waals surface area contributed by atoms with Crippen LogP contribution in [-0.4, -0.2) is 21.9 Å². The van der Waals surface area contributed by atoms with Crippen molar-refractivity contribution in [3.63, 3.8) is 0 Å². The summed E-state index contributed by atoms with van der Waals surface area (Å²) < 4.78 is 0. The molecule has 7 heteroatoms. The molecule has 1 aromatic carbocycles. The van der Waals surface area contributed by atoms with E-state index in [9.17, 15) is 24.8 Å². The van der Waals surface area contributed by atoms with E-state index in [1.807, 2.05) is 0 Å². The molecule has 2 fully saturated rings. The average molecular weight is 304 g/mol. The number of nitrogens with zero attached hydrogens (tertiary/aromatic N) is 1. The van der Waals surface area contributed by atoms with Gasteiger partial charge in [0.1, 0.15) is 0 Å². The predicted octanol–water partition coefficient (Wildman–Crippen LogP) is 2.28. The fraction of sp³-hybridized carbons (Fsp3) is 0.467. The first-order chi connectivity index (χ1) is 10.5. The maximum absolute atomic E-state index is 12.5. The van der Waals surface area contributed by atoms with Gasteiger partial charge in [-0.2, -0.15) is 0 Å². The molecule has 2 bridgehead atoms. The molecule has 0 saturated heterocycles. The first kappa shape index (κ1) is 14.5. The smallest absolute Gasteiger partial charge is 0.307 e. The van der Waals surface area contributed by atoms with Crippen molar-refractivity contribution in [1.82, 2.24) is 0 Å². The van der Waals surface area contributed by atoms with Crippen LogP contribution in [0, 0.1) is 33.8 Å². The predicted molar refractivity (Wildman–Crippen MR) is 77.2 cm³/mol. The quantitative estimate of drug-likeness (QED) is 0.655. The number of rotatable bonds is 4. The number of carboxylic acid groups (broad SMARTS) is 1. The van der Waals surface area contributed by atoms with Crippen molar-refractivity contribution in [3.05, 3.63) is 34.4 Å². The van der Waals surface area contributed by atoms with E-state index in [2.05, 4.69) is 5.32 Å². The zero-order valence-electron chi connectivity index (χ0n) is 11.8. The van der Waals surface area contributed by atoms with Crippen molar-refractivity contribution in [2.75, 3.05) is 5.32 Å². The number of hydrogen-bond donors (Lipinski definition) is 2. The zero-order valence-corrected chi connectivity index (χ0v) is 11.8. The van der Waals surface area contributed by atoms with Crippen molar-refractivity contribution in [2.45, 2.75) is 19.3 Å². The van der Waals surface area contributed by atoms with E-state index >= 15 is 0 Å². The monoisotopic (exact) mass is 304 g/mol. The fourth-order valence-electron chi connectivity index (χ4n) is 3.95. The van der Waals surface area contributed by atoms with Gasteiger partial charge in [0, 0.05) is 17.8 Å². The number of non-ortho nitro benzene ring substituents is 1. The van der Waals surface area contributed by atoms with Crippen LogP contribution >= 0.6 is 0 Å². The van der Waals surface area contributed by atoms with Crippen LogP contribution in [0.5, 0.6) is 0 Å². The summed E-state index contributed by atoms with van der Waals surface area (Å²) in [5, 5.41) is 22.8. The molecule has 116 valence electrons. The lowest BCUT2D eigenvalue weighted by Crippen LogP contribution is -2.37. The van der Waals surface area contributed by atoms with Gasteiger partial charge in [-0.3, -0.25) is 19.7 Å². The molecular weight excluding hydrogens is 288 g/mol. The molecule has 2 saturated carbocycles. The van der Waals surface area contributed by atoms with Crippen LogP contribution in [0.15, 0.2) is 24.3 Å².